The van der Waals surface area contributed by atoms with Crippen LogP contribution in [0.15, 0.2) is 22.9 Å². The van der Waals surface area contributed by atoms with Gasteiger partial charge in [0.25, 0.3) is 5.91 Å². The van der Waals surface area contributed by atoms with Crippen LogP contribution >= 0.6 is 0 Å². The van der Waals surface area contributed by atoms with Crippen LogP contribution in [0, 0.1) is 0 Å². The van der Waals surface area contributed by atoms with E-state index in [4.69, 9.17) is 4.52 Å². The molecule has 1 N–H and O–H groups in total. The second-order valence-corrected chi connectivity index (χ2v) is 6.65. The van der Waals surface area contributed by atoms with Crippen molar-refractivity contribution >= 4 is 5.91 Å². The molecule has 6 nitrogen and oxygen atoms in total. The monoisotopic (exact) mass is 314 g/mol. The van der Waals surface area contributed by atoms with Gasteiger partial charge in [0.15, 0.2) is 5.82 Å². The van der Waals surface area contributed by atoms with Crippen molar-refractivity contribution in [1.82, 2.24) is 20.0 Å². The average Bonchev–Trinajstić information content (AvgIpc) is 3.13. The minimum absolute atomic E-state index is 0.00666. The first-order valence-corrected chi connectivity index (χ1v) is 8.58. The largest absolute Gasteiger partial charge is 0.348 e. The minimum Gasteiger partial charge on any atom is -0.348 e. The number of aromatic nitrogens is 3. The Bertz CT molecular complexity index is 680. The molecule has 2 aromatic heterocycles. The van der Waals surface area contributed by atoms with Crippen LogP contribution in [0.1, 0.15) is 73.1 Å². The van der Waals surface area contributed by atoms with Gasteiger partial charge in [-0.25, -0.2) is 0 Å². The lowest BCUT2D eigenvalue weighted by Crippen LogP contribution is -2.37. The van der Waals surface area contributed by atoms with E-state index in [0.29, 0.717) is 30.0 Å². The summed E-state index contributed by atoms with van der Waals surface area (Å²) in [5, 5.41) is 7.19. The fraction of sp³-hybridized carbons (Fsp3) is 0.588. The van der Waals surface area contributed by atoms with Crippen molar-refractivity contribution in [2.24, 2.45) is 0 Å². The number of hydrogen-bond acceptors (Lipinski definition) is 4. The third-order valence-electron chi connectivity index (χ3n) is 4.72. The van der Waals surface area contributed by atoms with E-state index in [1.54, 1.807) is 0 Å². The second-order valence-electron chi connectivity index (χ2n) is 6.65. The molecule has 0 aromatic carbocycles. The highest BCUT2D eigenvalue weighted by atomic mass is 16.5. The Kier molecular flexibility index (Phi) is 3.89. The summed E-state index contributed by atoms with van der Waals surface area (Å²) in [6.45, 7) is 0.469. The molecule has 0 radical (unpaired) electrons. The van der Waals surface area contributed by atoms with Gasteiger partial charge in [-0.05, 0) is 37.8 Å². The maximum Gasteiger partial charge on any atom is 0.268 e. The molecule has 2 aromatic rings. The number of nitrogens with one attached hydrogen (secondary N) is 1. The lowest BCUT2D eigenvalue weighted by Gasteiger charge is -2.22. The van der Waals surface area contributed by atoms with Crippen LogP contribution in [0.25, 0.3) is 0 Å². The normalized spacial score (nSPS) is 19.0. The smallest absolute Gasteiger partial charge is 0.268 e. The maximum atomic E-state index is 12.5. The average molecular weight is 314 g/mol. The van der Waals surface area contributed by atoms with Crippen LogP contribution in [0.4, 0.5) is 0 Å². The number of carbonyl (C=O) groups is 1. The van der Waals surface area contributed by atoms with Crippen LogP contribution in [-0.4, -0.2) is 26.7 Å². The molecule has 2 heterocycles. The predicted octanol–water partition coefficient (Wildman–Crippen LogP) is 2.86. The summed E-state index contributed by atoms with van der Waals surface area (Å²) in [5.74, 6) is 1.82. The molecule has 0 aliphatic heterocycles. The highest BCUT2D eigenvalue weighted by Crippen LogP contribution is 2.38. The van der Waals surface area contributed by atoms with E-state index < -0.39 is 0 Å². The number of carbonyl (C=O) groups excluding carboxylic acids is 1. The van der Waals surface area contributed by atoms with E-state index in [1.165, 1.54) is 19.3 Å². The molecule has 2 fully saturated rings. The highest BCUT2D eigenvalue weighted by molar-refractivity contribution is 5.93. The van der Waals surface area contributed by atoms with Crippen molar-refractivity contribution < 1.29 is 9.32 Å². The molecule has 1 amide bonds. The van der Waals surface area contributed by atoms with Gasteiger partial charge >= 0.3 is 0 Å². The van der Waals surface area contributed by atoms with Crippen molar-refractivity contribution in [2.45, 2.75) is 63.5 Å². The zero-order valence-electron chi connectivity index (χ0n) is 13.2. The fourth-order valence-electron chi connectivity index (χ4n) is 3.24. The Morgan fingerprint density at radius 2 is 2.09 bits per heavy atom. The third kappa shape index (κ3) is 3.30. The van der Waals surface area contributed by atoms with Crippen molar-refractivity contribution in [3.63, 3.8) is 0 Å². The van der Waals surface area contributed by atoms with Crippen LogP contribution in [-0.2, 0) is 6.54 Å². The van der Waals surface area contributed by atoms with Gasteiger partial charge in [-0.1, -0.05) is 24.4 Å². The van der Waals surface area contributed by atoms with Gasteiger partial charge in [-0.3, -0.25) is 4.79 Å². The lowest BCUT2D eigenvalue weighted by molar-refractivity contribution is 0.0918. The van der Waals surface area contributed by atoms with Crippen molar-refractivity contribution in [1.29, 1.82) is 0 Å². The molecule has 0 unspecified atom stereocenters. The molecule has 0 spiro atoms. The molecular weight excluding hydrogens is 292 g/mol. The summed E-state index contributed by atoms with van der Waals surface area (Å²) in [6, 6.07) is 4.05. The molecule has 0 atom stereocenters. The molecule has 0 bridgehead atoms. The topological polar surface area (TPSA) is 73.0 Å². The van der Waals surface area contributed by atoms with E-state index in [1.807, 2.05) is 22.9 Å². The number of amides is 1. The summed E-state index contributed by atoms with van der Waals surface area (Å²) in [5.41, 5.74) is 0.661. The van der Waals surface area contributed by atoms with Gasteiger partial charge in [-0.2, -0.15) is 4.98 Å². The van der Waals surface area contributed by atoms with Gasteiger partial charge in [0, 0.05) is 18.2 Å². The van der Waals surface area contributed by atoms with Crippen LogP contribution in [0.2, 0.25) is 0 Å². The standard InChI is InChI=1S/C17H22N4O2/c22-16(18-13-5-2-1-3-6-13)14-7-4-10-21(14)11-15-19-17(23-20-15)12-8-9-12/h4,7,10,12-13H,1-3,5-6,8-9,11H2,(H,18,22). The summed E-state index contributed by atoms with van der Waals surface area (Å²) in [7, 11) is 0. The van der Waals surface area contributed by atoms with E-state index >= 15 is 0 Å². The maximum absolute atomic E-state index is 12.5. The number of hydrogen-bond donors (Lipinski definition) is 1. The van der Waals surface area contributed by atoms with Gasteiger partial charge in [-0.15, -0.1) is 0 Å². The summed E-state index contributed by atoms with van der Waals surface area (Å²) in [6.07, 6.45) is 10.0. The number of nitrogens with zero attached hydrogens (tertiary/aromatic N) is 3. The van der Waals surface area contributed by atoms with E-state index in [9.17, 15) is 4.79 Å². The zero-order valence-corrected chi connectivity index (χ0v) is 13.2. The van der Waals surface area contributed by atoms with E-state index in [2.05, 4.69) is 15.5 Å². The summed E-state index contributed by atoms with van der Waals surface area (Å²) < 4.78 is 7.17. The molecule has 23 heavy (non-hydrogen) atoms. The van der Waals surface area contributed by atoms with Crippen molar-refractivity contribution in [2.75, 3.05) is 0 Å². The fourth-order valence-corrected chi connectivity index (χ4v) is 3.24. The molecule has 4 rings (SSSR count). The van der Waals surface area contributed by atoms with Crippen molar-refractivity contribution in [3.05, 3.63) is 35.7 Å². The van der Waals surface area contributed by atoms with Gasteiger partial charge in [0.1, 0.15) is 5.69 Å². The quantitative estimate of drug-likeness (QED) is 0.921. The Balaban J connectivity index is 1.43. The molecule has 2 aliphatic rings. The molecular formula is C17H22N4O2. The van der Waals surface area contributed by atoms with E-state index in [-0.39, 0.29) is 5.91 Å². The molecule has 2 aliphatic carbocycles. The Morgan fingerprint density at radius 1 is 1.26 bits per heavy atom. The third-order valence-corrected chi connectivity index (χ3v) is 4.72. The SMILES string of the molecule is O=C(NC1CCCCC1)c1cccn1Cc1noc(C2CC2)n1. The Hall–Kier alpha value is -2.11. The van der Waals surface area contributed by atoms with E-state index in [0.717, 1.165) is 31.6 Å². The van der Waals surface area contributed by atoms with Gasteiger partial charge < -0.3 is 14.4 Å². The molecule has 122 valence electrons. The molecule has 0 saturated heterocycles. The Morgan fingerprint density at radius 3 is 2.87 bits per heavy atom. The Labute approximate surface area is 135 Å². The highest BCUT2D eigenvalue weighted by Gasteiger charge is 2.29. The second kappa shape index (κ2) is 6.18. The minimum atomic E-state index is -0.00666. The predicted molar refractivity (Wildman–Crippen MR) is 84.1 cm³/mol. The number of rotatable bonds is 5. The van der Waals surface area contributed by atoms with Gasteiger partial charge in [0.2, 0.25) is 5.89 Å². The van der Waals surface area contributed by atoms with Crippen molar-refractivity contribution in [3.8, 4) is 0 Å². The summed E-state index contributed by atoms with van der Waals surface area (Å²) in [4.78, 5) is 16.9. The first-order valence-electron chi connectivity index (χ1n) is 8.58. The molecule has 2 saturated carbocycles. The van der Waals surface area contributed by atoms with Crippen LogP contribution < -0.4 is 5.32 Å². The van der Waals surface area contributed by atoms with Crippen LogP contribution in [0.5, 0.6) is 0 Å². The van der Waals surface area contributed by atoms with Crippen LogP contribution in [0.3, 0.4) is 0 Å². The van der Waals surface area contributed by atoms with Gasteiger partial charge in [0.05, 0.1) is 6.54 Å². The molecule has 6 heteroatoms. The summed E-state index contributed by atoms with van der Waals surface area (Å²) >= 11 is 0. The lowest BCUT2D eigenvalue weighted by atomic mass is 9.95. The first kappa shape index (κ1) is 14.5. The first-order chi connectivity index (χ1) is 11.3. The zero-order chi connectivity index (χ0) is 15.6.